The normalized spacial score (nSPS) is 12.4. The molecule has 0 fully saturated rings. The number of benzene rings is 2. The monoisotopic (exact) mass is 380 g/mol. The molecule has 0 N–H and O–H groups in total. The number of aromatic nitrogens is 4. The Kier molecular flexibility index (Phi) is 5.75. The molecule has 0 aliphatic carbocycles. The molecule has 3 aromatic rings. The summed E-state index contributed by atoms with van der Waals surface area (Å²) >= 11 is 1.37. The van der Waals surface area contributed by atoms with E-state index < -0.39 is 0 Å². The zero-order chi connectivity index (χ0) is 19.6. The molecule has 0 amide bonds. The molecule has 0 radical (unpaired) electrons. The predicted molar refractivity (Wildman–Crippen MR) is 109 cm³/mol. The Morgan fingerprint density at radius 2 is 1.70 bits per heavy atom. The van der Waals surface area contributed by atoms with Crippen molar-refractivity contribution in [3.63, 3.8) is 0 Å². The second-order valence-corrected chi connectivity index (χ2v) is 8.35. The number of hydrogen-bond acceptors (Lipinski definition) is 5. The van der Waals surface area contributed by atoms with Gasteiger partial charge in [0.05, 0.1) is 10.9 Å². The zero-order valence-electron chi connectivity index (χ0n) is 16.3. The molecule has 0 aliphatic heterocycles. The third-order valence-electron chi connectivity index (χ3n) is 4.69. The Morgan fingerprint density at radius 1 is 1.00 bits per heavy atom. The Morgan fingerprint density at radius 3 is 2.33 bits per heavy atom. The third-order valence-corrected chi connectivity index (χ3v) is 5.72. The van der Waals surface area contributed by atoms with Gasteiger partial charge in [0.25, 0.3) is 0 Å². The van der Waals surface area contributed by atoms with E-state index in [4.69, 9.17) is 0 Å². The van der Waals surface area contributed by atoms with Crippen LogP contribution < -0.4 is 0 Å². The maximum Gasteiger partial charge on any atom is 0.214 e. The molecule has 6 heteroatoms. The summed E-state index contributed by atoms with van der Waals surface area (Å²) < 4.78 is 1.68. The molecule has 0 bridgehead atoms. The van der Waals surface area contributed by atoms with Crippen LogP contribution in [0.25, 0.3) is 5.69 Å². The number of carbonyl (C=O) groups excluding carboxylic acids is 1. The second-order valence-electron chi connectivity index (χ2n) is 7.04. The Labute approximate surface area is 164 Å². The maximum atomic E-state index is 12.8. The Balaban J connectivity index is 1.79. The lowest BCUT2D eigenvalue weighted by atomic mass is 10.0. The molecule has 3 rings (SSSR count). The highest BCUT2D eigenvalue weighted by atomic mass is 32.2. The number of nitrogens with zero attached hydrogens (tertiary/aromatic N) is 4. The quantitative estimate of drug-likeness (QED) is 0.455. The van der Waals surface area contributed by atoms with E-state index in [1.165, 1.54) is 22.9 Å². The number of tetrazole rings is 1. The summed E-state index contributed by atoms with van der Waals surface area (Å²) in [6, 6.07) is 14.0. The van der Waals surface area contributed by atoms with Crippen molar-refractivity contribution < 1.29 is 4.79 Å². The van der Waals surface area contributed by atoms with E-state index in [0.29, 0.717) is 11.1 Å². The maximum absolute atomic E-state index is 12.8. The number of rotatable bonds is 6. The van der Waals surface area contributed by atoms with E-state index in [2.05, 4.69) is 41.5 Å². The first-order chi connectivity index (χ1) is 12.9. The topological polar surface area (TPSA) is 60.7 Å². The highest BCUT2D eigenvalue weighted by Crippen LogP contribution is 2.26. The van der Waals surface area contributed by atoms with Gasteiger partial charge in [-0.1, -0.05) is 49.9 Å². The van der Waals surface area contributed by atoms with Crippen LogP contribution in [-0.2, 0) is 0 Å². The second kappa shape index (κ2) is 8.05. The lowest BCUT2D eigenvalue weighted by Gasteiger charge is -2.12. The van der Waals surface area contributed by atoms with Gasteiger partial charge >= 0.3 is 0 Å². The predicted octanol–water partition coefficient (Wildman–Crippen LogP) is 4.77. The first kappa shape index (κ1) is 19.3. The highest BCUT2D eigenvalue weighted by Gasteiger charge is 2.21. The fourth-order valence-electron chi connectivity index (χ4n) is 2.76. The minimum Gasteiger partial charge on any atom is -0.293 e. The summed E-state index contributed by atoms with van der Waals surface area (Å²) in [6.07, 6.45) is 0. The zero-order valence-corrected chi connectivity index (χ0v) is 17.1. The molecular formula is C21H24N4OS. The molecule has 0 saturated carbocycles. The molecule has 0 unspecified atom stereocenters. The molecule has 2 aromatic carbocycles. The van der Waals surface area contributed by atoms with Gasteiger partial charge in [-0.3, -0.25) is 4.79 Å². The molecule has 1 atom stereocenters. The van der Waals surface area contributed by atoms with Crippen LogP contribution in [0.3, 0.4) is 0 Å². The van der Waals surface area contributed by atoms with Crippen molar-refractivity contribution in [3.8, 4) is 5.69 Å². The standard InChI is InChI=1S/C21H24N4OS/c1-13(2)17-8-10-19(11-9-17)25-21(22-23-24-25)27-16(5)20(26)18-7-6-14(3)15(4)12-18/h6-13,16H,1-5H3/t16-/m0/s1. The van der Waals surface area contributed by atoms with Crippen LogP contribution in [0, 0.1) is 13.8 Å². The lowest BCUT2D eigenvalue weighted by Crippen LogP contribution is -2.15. The fourth-order valence-corrected chi connectivity index (χ4v) is 3.64. The van der Waals surface area contributed by atoms with E-state index in [1.807, 2.05) is 51.1 Å². The van der Waals surface area contributed by atoms with Crippen molar-refractivity contribution in [2.75, 3.05) is 0 Å². The Bertz CT molecular complexity index is 947. The summed E-state index contributed by atoms with van der Waals surface area (Å²) in [7, 11) is 0. The van der Waals surface area contributed by atoms with E-state index >= 15 is 0 Å². The highest BCUT2D eigenvalue weighted by molar-refractivity contribution is 8.00. The van der Waals surface area contributed by atoms with Crippen LogP contribution in [-0.4, -0.2) is 31.2 Å². The van der Waals surface area contributed by atoms with Gasteiger partial charge in [0.15, 0.2) is 5.78 Å². The minimum atomic E-state index is -0.285. The summed E-state index contributed by atoms with van der Waals surface area (Å²) in [6.45, 7) is 10.3. The van der Waals surface area contributed by atoms with Gasteiger partial charge in [-0.05, 0) is 72.0 Å². The van der Waals surface area contributed by atoms with Crippen molar-refractivity contribution in [2.45, 2.75) is 50.9 Å². The number of Topliss-reactive ketones (excluding diaryl/α,β-unsaturated/α-hetero) is 1. The van der Waals surface area contributed by atoms with Crippen molar-refractivity contribution >= 4 is 17.5 Å². The van der Waals surface area contributed by atoms with Crippen LogP contribution in [0.5, 0.6) is 0 Å². The van der Waals surface area contributed by atoms with Crippen molar-refractivity contribution in [3.05, 3.63) is 64.7 Å². The van der Waals surface area contributed by atoms with Crippen molar-refractivity contribution in [1.29, 1.82) is 0 Å². The molecule has 1 heterocycles. The first-order valence-electron chi connectivity index (χ1n) is 9.03. The van der Waals surface area contributed by atoms with E-state index in [-0.39, 0.29) is 11.0 Å². The smallest absolute Gasteiger partial charge is 0.214 e. The largest absolute Gasteiger partial charge is 0.293 e. The van der Waals surface area contributed by atoms with Gasteiger partial charge in [0, 0.05) is 5.56 Å². The van der Waals surface area contributed by atoms with Gasteiger partial charge in [-0.15, -0.1) is 5.10 Å². The van der Waals surface area contributed by atoms with Gasteiger partial charge in [0.2, 0.25) is 5.16 Å². The molecule has 27 heavy (non-hydrogen) atoms. The molecule has 1 aromatic heterocycles. The van der Waals surface area contributed by atoms with Crippen LogP contribution in [0.15, 0.2) is 47.6 Å². The summed E-state index contributed by atoms with van der Waals surface area (Å²) in [5.74, 6) is 0.546. The molecule has 140 valence electrons. The van der Waals surface area contributed by atoms with E-state index in [9.17, 15) is 4.79 Å². The number of aryl methyl sites for hydroxylation is 2. The third kappa shape index (κ3) is 4.27. The van der Waals surface area contributed by atoms with Crippen molar-refractivity contribution in [2.24, 2.45) is 0 Å². The average molecular weight is 381 g/mol. The number of hydrogen-bond donors (Lipinski definition) is 0. The van der Waals surface area contributed by atoms with Crippen molar-refractivity contribution in [1.82, 2.24) is 20.2 Å². The van der Waals surface area contributed by atoms with E-state index in [1.54, 1.807) is 4.68 Å². The summed E-state index contributed by atoms with van der Waals surface area (Å²) in [5.41, 5.74) is 5.17. The van der Waals surface area contributed by atoms with Crippen LogP contribution in [0.2, 0.25) is 0 Å². The van der Waals surface area contributed by atoms with Gasteiger partial charge in [-0.25, -0.2) is 0 Å². The van der Waals surface area contributed by atoms with Crippen LogP contribution in [0.1, 0.15) is 53.7 Å². The average Bonchev–Trinajstić information content (AvgIpc) is 3.11. The number of carbonyl (C=O) groups is 1. The van der Waals surface area contributed by atoms with Gasteiger partial charge in [-0.2, -0.15) is 4.68 Å². The SMILES string of the molecule is Cc1ccc(C(=O)[C@H](C)Sc2nnnn2-c2ccc(C(C)C)cc2)cc1C. The summed E-state index contributed by atoms with van der Waals surface area (Å²) in [5, 5.41) is 12.3. The van der Waals surface area contributed by atoms with Gasteiger partial charge in [0.1, 0.15) is 0 Å². The minimum absolute atomic E-state index is 0.0767. The van der Waals surface area contributed by atoms with Crippen LogP contribution >= 0.6 is 11.8 Å². The molecule has 0 spiro atoms. The lowest BCUT2D eigenvalue weighted by molar-refractivity contribution is 0.0993. The van der Waals surface area contributed by atoms with E-state index in [0.717, 1.165) is 16.8 Å². The fraction of sp³-hybridized carbons (Fsp3) is 0.333. The number of thioether (sulfide) groups is 1. The Hall–Kier alpha value is -2.47. The molecule has 0 saturated heterocycles. The van der Waals surface area contributed by atoms with Crippen LogP contribution in [0.4, 0.5) is 0 Å². The van der Waals surface area contributed by atoms with Gasteiger partial charge < -0.3 is 0 Å². The summed E-state index contributed by atoms with van der Waals surface area (Å²) in [4.78, 5) is 12.8. The molecule has 0 aliphatic rings. The number of ketones is 1. The first-order valence-corrected chi connectivity index (χ1v) is 9.91. The molecular weight excluding hydrogens is 356 g/mol. The molecule has 5 nitrogen and oxygen atoms in total.